The van der Waals surface area contributed by atoms with Crippen molar-refractivity contribution in [3.05, 3.63) is 22.2 Å². The monoisotopic (exact) mass is 404 g/mol. The molecule has 0 N–H and O–H groups in total. The molecule has 4 heteroatoms. The molecule has 1 aliphatic rings. The summed E-state index contributed by atoms with van der Waals surface area (Å²) >= 11 is 7.59. The first-order chi connectivity index (χ1) is 9.67. The zero-order chi connectivity index (χ0) is 14.5. The van der Waals surface area contributed by atoms with E-state index >= 15 is 0 Å². The predicted octanol–water partition coefficient (Wildman–Crippen LogP) is 5.87. The zero-order valence-electron chi connectivity index (χ0n) is 12.1. The third kappa shape index (κ3) is 3.70. The summed E-state index contributed by atoms with van der Waals surface area (Å²) in [7, 11) is 3.35. The second-order valence-electron chi connectivity index (χ2n) is 5.38. The first kappa shape index (κ1) is 16.2. The van der Waals surface area contributed by atoms with Gasteiger partial charge in [0.05, 0.1) is 14.2 Å². The average Bonchev–Trinajstić information content (AvgIpc) is 2.75. The van der Waals surface area contributed by atoms with Crippen molar-refractivity contribution in [1.29, 1.82) is 0 Å². The number of rotatable bonds is 4. The van der Waals surface area contributed by atoms with Crippen LogP contribution in [0.15, 0.2) is 16.6 Å². The minimum absolute atomic E-state index is 0.370. The molecule has 0 aromatic heterocycles. The highest BCUT2D eigenvalue weighted by atomic mass is 79.9. The van der Waals surface area contributed by atoms with Crippen LogP contribution in [0.3, 0.4) is 0 Å². The highest BCUT2D eigenvalue weighted by Gasteiger charge is 2.25. The quantitative estimate of drug-likeness (QED) is 0.460. The van der Waals surface area contributed by atoms with E-state index in [0.717, 1.165) is 16.0 Å². The van der Waals surface area contributed by atoms with Gasteiger partial charge in [-0.25, -0.2) is 0 Å². The second kappa shape index (κ2) is 7.69. The summed E-state index contributed by atoms with van der Waals surface area (Å²) in [6, 6.07) is 4.09. The van der Waals surface area contributed by atoms with Gasteiger partial charge in [0.25, 0.3) is 0 Å². The number of hydrogen-bond acceptors (Lipinski definition) is 2. The maximum Gasteiger partial charge on any atom is 0.161 e. The zero-order valence-corrected chi connectivity index (χ0v) is 15.3. The van der Waals surface area contributed by atoms with Gasteiger partial charge in [0.2, 0.25) is 0 Å². The molecule has 1 aliphatic carbocycles. The highest BCUT2D eigenvalue weighted by Crippen LogP contribution is 2.45. The Kier molecular flexibility index (Phi) is 6.21. The minimum Gasteiger partial charge on any atom is -0.493 e. The summed E-state index contributed by atoms with van der Waals surface area (Å²) < 4.78 is 11.9. The molecule has 2 rings (SSSR count). The number of alkyl halides is 1. The summed E-state index contributed by atoms with van der Waals surface area (Å²) in [5.41, 5.74) is 1.26. The van der Waals surface area contributed by atoms with E-state index in [1.54, 1.807) is 14.2 Å². The first-order valence-corrected chi connectivity index (χ1v) is 8.93. The molecule has 0 heterocycles. The minimum atomic E-state index is 0.370. The van der Waals surface area contributed by atoms with Crippen LogP contribution in [0.1, 0.15) is 48.9 Å². The molecule has 1 saturated carbocycles. The van der Waals surface area contributed by atoms with Crippen LogP contribution in [0.4, 0.5) is 0 Å². The standard InChI is InChI=1S/C16H22Br2O2/c1-19-14-9-12(13(17)10-15(14)20-2)16(18)11-7-5-3-4-6-8-11/h9-11,16H,3-8H2,1-2H3. The molecule has 1 atom stereocenters. The Hall–Kier alpha value is -0.220. The lowest BCUT2D eigenvalue weighted by atomic mass is 9.92. The molecule has 2 nitrogen and oxygen atoms in total. The molecular weight excluding hydrogens is 384 g/mol. The van der Waals surface area contributed by atoms with Gasteiger partial charge in [0, 0.05) is 9.30 Å². The van der Waals surface area contributed by atoms with E-state index in [9.17, 15) is 0 Å². The van der Waals surface area contributed by atoms with Crippen molar-refractivity contribution in [3.63, 3.8) is 0 Å². The summed E-state index contributed by atoms with van der Waals surface area (Å²) in [4.78, 5) is 0.370. The van der Waals surface area contributed by atoms with Crippen molar-refractivity contribution < 1.29 is 9.47 Å². The fourth-order valence-electron chi connectivity index (χ4n) is 2.94. The van der Waals surface area contributed by atoms with E-state index in [-0.39, 0.29) is 0 Å². The van der Waals surface area contributed by atoms with Crippen LogP contribution in [0.25, 0.3) is 0 Å². The predicted molar refractivity (Wildman–Crippen MR) is 90.1 cm³/mol. The SMILES string of the molecule is COc1cc(Br)c(C(Br)C2CCCCCC2)cc1OC. The summed E-state index contributed by atoms with van der Waals surface area (Å²) in [5, 5.41) is 0. The average molecular weight is 406 g/mol. The molecule has 0 bridgehead atoms. The van der Waals surface area contributed by atoms with Crippen LogP contribution >= 0.6 is 31.9 Å². The third-order valence-electron chi connectivity index (χ3n) is 4.11. The van der Waals surface area contributed by atoms with Gasteiger partial charge in [-0.1, -0.05) is 57.5 Å². The second-order valence-corrected chi connectivity index (χ2v) is 7.22. The number of ether oxygens (including phenoxy) is 2. The normalized spacial score (nSPS) is 18.4. The van der Waals surface area contributed by atoms with Gasteiger partial charge in [-0.15, -0.1) is 0 Å². The van der Waals surface area contributed by atoms with E-state index in [1.807, 2.05) is 6.07 Å². The van der Waals surface area contributed by atoms with Gasteiger partial charge in [-0.3, -0.25) is 0 Å². The summed E-state index contributed by atoms with van der Waals surface area (Å²) in [6.45, 7) is 0. The van der Waals surface area contributed by atoms with Crippen LogP contribution < -0.4 is 9.47 Å². The van der Waals surface area contributed by atoms with Crippen molar-refractivity contribution >= 4 is 31.9 Å². The first-order valence-electron chi connectivity index (χ1n) is 7.23. The Morgan fingerprint density at radius 1 is 1.00 bits per heavy atom. The number of hydrogen-bond donors (Lipinski definition) is 0. The smallest absolute Gasteiger partial charge is 0.161 e. The van der Waals surface area contributed by atoms with Gasteiger partial charge >= 0.3 is 0 Å². The Bertz CT molecular complexity index is 440. The largest absolute Gasteiger partial charge is 0.493 e. The summed E-state index contributed by atoms with van der Waals surface area (Å²) in [6.07, 6.45) is 8.05. The topological polar surface area (TPSA) is 18.5 Å². The Labute approximate surface area is 138 Å². The van der Waals surface area contributed by atoms with Gasteiger partial charge in [-0.2, -0.15) is 0 Å². The Morgan fingerprint density at radius 3 is 2.10 bits per heavy atom. The van der Waals surface area contributed by atoms with E-state index in [2.05, 4.69) is 37.9 Å². The molecule has 1 fully saturated rings. The molecule has 0 aliphatic heterocycles. The molecule has 1 unspecified atom stereocenters. The molecular formula is C16H22Br2O2. The number of halogens is 2. The van der Waals surface area contributed by atoms with Crippen molar-refractivity contribution in [1.82, 2.24) is 0 Å². The maximum atomic E-state index is 5.43. The molecule has 1 aromatic rings. The fourth-order valence-corrected chi connectivity index (χ4v) is 4.72. The fraction of sp³-hybridized carbons (Fsp3) is 0.625. The maximum absolute atomic E-state index is 5.43. The lowest BCUT2D eigenvalue weighted by Crippen LogP contribution is -2.08. The van der Waals surface area contributed by atoms with Gasteiger partial charge in [-0.05, 0) is 36.5 Å². The molecule has 0 saturated heterocycles. The highest BCUT2D eigenvalue weighted by molar-refractivity contribution is 9.11. The van der Waals surface area contributed by atoms with Crippen molar-refractivity contribution in [2.75, 3.05) is 14.2 Å². The molecule has 20 heavy (non-hydrogen) atoms. The Morgan fingerprint density at radius 2 is 1.55 bits per heavy atom. The third-order valence-corrected chi connectivity index (χ3v) is 6.04. The lowest BCUT2D eigenvalue weighted by Gasteiger charge is -2.23. The molecule has 0 amide bonds. The van der Waals surface area contributed by atoms with Crippen LogP contribution in [0, 0.1) is 5.92 Å². The van der Waals surface area contributed by atoms with E-state index < -0.39 is 0 Å². The van der Waals surface area contributed by atoms with Crippen LogP contribution in [-0.4, -0.2) is 14.2 Å². The number of methoxy groups -OCH3 is 2. The van der Waals surface area contributed by atoms with Crippen molar-refractivity contribution in [2.45, 2.75) is 43.4 Å². The summed E-state index contributed by atoms with van der Waals surface area (Å²) in [5.74, 6) is 2.26. The van der Waals surface area contributed by atoms with Gasteiger partial charge in [0.15, 0.2) is 11.5 Å². The van der Waals surface area contributed by atoms with Crippen LogP contribution in [0.5, 0.6) is 11.5 Å². The van der Waals surface area contributed by atoms with Crippen LogP contribution in [0.2, 0.25) is 0 Å². The van der Waals surface area contributed by atoms with E-state index in [0.29, 0.717) is 10.7 Å². The van der Waals surface area contributed by atoms with Gasteiger partial charge < -0.3 is 9.47 Å². The lowest BCUT2D eigenvalue weighted by molar-refractivity contribution is 0.353. The number of benzene rings is 1. The Balaban J connectivity index is 2.26. The van der Waals surface area contributed by atoms with E-state index in [1.165, 1.54) is 44.1 Å². The van der Waals surface area contributed by atoms with Crippen molar-refractivity contribution in [2.24, 2.45) is 5.92 Å². The van der Waals surface area contributed by atoms with Gasteiger partial charge in [0.1, 0.15) is 0 Å². The van der Waals surface area contributed by atoms with Crippen LogP contribution in [-0.2, 0) is 0 Å². The molecule has 1 aromatic carbocycles. The molecule has 0 spiro atoms. The van der Waals surface area contributed by atoms with Crippen molar-refractivity contribution in [3.8, 4) is 11.5 Å². The molecule has 0 radical (unpaired) electrons. The molecule has 112 valence electrons. The van der Waals surface area contributed by atoms with E-state index in [4.69, 9.17) is 9.47 Å².